The third kappa shape index (κ3) is 4.36. The standard InChI is InChI=1S/C20H19N3O3/c1-22(14-16-6-3-2-4-7-16)19(24)15-26-20(25)17-8-10-18(11-9-17)23-13-5-12-21-23/h2-13H,14-15H2,1H3. The van der Waals surface area contributed by atoms with Crippen LogP contribution in [0.1, 0.15) is 15.9 Å². The predicted molar refractivity (Wildman–Crippen MR) is 96.8 cm³/mol. The minimum Gasteiger partial charge on any atom is -0.452 e. The molecule has 0 bridgehead atoms. The number of carbonyl (C=O) groups is 2. The molecule has 0 aliphatic rings. The molecule has 1 heterocycles. The van der Waals surface area contributed by atoms with Gasteiger partial charge >= 0.3 is 5.97 Å². The van der Waals surface area contributed by atoms with Gasteiger partial charge in [-0.15, -0.1) is 0 Å². The van der Waals surface area contributed by atoms with Crippen molar-refractivity contribution in [3.05, 3.63) is 84.2 Å². The molecule has 0 atom stereocenters. The molecule has 0 fully saturated rings. The number of aromatic nitrogens is 2. The number of rotatable bonds is 6. The summed E-state index contributed by atoms with van der Waals surface area (Å²) in [6.45, 7) is 0.179. The van der Waals surface area contributed by atoms with E-state index in [1.165, 1.54) is 4.90 Å². The van der Waals surface area contributed by atoms with Gasteiger partial charge in [-0.05, 0) is 35.9 Å². The number of nitrogens with zero attached hydrogens (tertiary/aromatic N) is 3. The van der Waals surface area contributed by atoms with Gasteiger partial charge < -0.3 is 9.64 Å². The molecule has 2 aromatic carbocycles. The van der Waals surface area contributed by atoms with Crippen LogP contribution in [0.15, 0.2) is 73.1 Å². The lowest BCUT2D eigenvalue weighted by Gasteiger charge is -2.17. The first-order valence-electron chi connectivity index (χ1n) is 8.18. The first-order chi connectivity index (χ1) is 12.6. The number of esters is 1. The Morgan fingerprint density at radius 1 is 1.04 bits per heavy atom. The van der Waals surface area contributed by atoms with Gasteiger partial charge in [0.1, 0.15) is 0 Å². The van der Waals surface area contributed by atoms with Crippen LogP contribution in [-0.4, -0.2) is 40.2 Å². The monoisotopic (exact) mass is 349 g/mol. The molecule has 3 rings (SSSR count). The molecule has 6 heteroatoms. The number of carbonyl (C=O) groups excluding carboxylic acids is 2. The fourth-order valence-corrected chi connectivity index (χ4v) is 2.44. The molecule has 0 N–H and O–H groups in total. The zero-order valence-electron chi connectivity index (χ0n) is 14.4. The van der Waals surface area contributed by atoms with Gasteiger partial charge in [-0.25, -0.2) is 9.48 Å². The van der Waals surface area contributed by atoms with Crippen molar-refractivity contribution in [2.45, 2.75) is 6.54 Å². The summed E-state index contributed by atoms with van der Waals surface area (Å²) < 4.78 is 6.82. The Morgan fingerprint density at radius 2 is 1.77 bits per heavy atom. The van der Waals surface area contributed by atoms with Crippen molar-refractivity contribution in [2.75, 3.05) is 13.7 Å². The molecular formula is C20H19N3O3. The Bertz CT molecular complexity index is 859. The van der Waals surface area contributed by atoms with Gasteiger partial charge in [0.15, 0.2) is 6.61 Å². The van der Waals surface area contributed by atoms with Gasteiger partial charge in [-0.2, -0.15) is 5.10 Å². The van der Waals surface area contributed by atoms with E-state index in [0.29, 0.717) is 12.1 Å². The summed E-state index contributed by atoms with van der Waals surface area (Å²) in [6, 6.07) is 18.3. The maximum absolute atomic E-state index is 12.1. The van der Waals surface area contributed by atoms with Crippen LogP contribution in [0.3, 0.4) is 0 Å². The van der Waals surface area contributed by atoms with E-state index >= 15 is 0 Å². The third-order valence-corrected chi connectivity index (χ3v) is 3.89. The predicted octanol–water partition coefficient (Wildman–Crippen LogP) is 2.69. The molecular weight excluding hydrogens is 330 g/mol. The molecule has 3 aromatic rings. The second kappa shape index (κ2) is 8.11. The second-order valence-electron chi connectivity index (χ2n) is 5.81. The van der Waals surface area contributed by atoms with Crippen LogP contribution in [-0.2, 0) is 16.1 Å². The summed E-state index contributed by atoms with van der Waals surface area (Å²) in [6.07, 6.45) is 3.49. The highest BCUT2D eigenvalue weighted by Crippen LogP contribution is 2.10. The van der Waals surface area contributed by atoms with E-state index in [0.717, 1.165) is 11.3 Å². The smallest absolute Gasteiger partial charge is 0.338 e. The van der Waals surface area contributed by atoms with Crippen molar-refractivity contribution in [2.24, 2.45) is 0 Å². The summed E-state index contributed by atoms with van der Waals surface area (Å²) in [5.74, 6) is -0.783. The van der Waals surface area contributed by atoms with Crippen molar-refractivity contribution in [1.82, 2.24) is 14.7 Å². The Hall–Kier alpha value is -3.41. The maximum Gasteiger partial charge on any atom is 0.338 e. The Labute approximate surface area is 151 Å². The van der Waals surface area contributed by atoms with E-state index in [4.69, 9.17) is 4.74 Å². The van der Waals surface area contributed by atoms with Crippen LogP contribution in [0, 0.1) is 0 Å². The quantitative estimate of drug-likeness (QED) is 0.642. The van der Waals surface area contributed by atoms with Gasteiger partial charge in [0.2, 0.25) is 0 Å². The summed E-state index contributed by atoms with van der Waals surface area (Å²) in [5.41, 5.74) is 2.24. The van der Waals surface area contributed by atoms with Crippen molar-refractivity contribution in [3.63, 3.8) is 0 Å². The minimum absolute atomic E-state index is 0.254. The zero-order chi connectivity index (χ0) is 18.4. The topological polar surface area (TPSA) is 64.4 Å². The fourth-order valence-electron chi connectivity index (χ4n) is 2.44. The van der Waals surface area contributed by atoms with Crippen molar-refractivity contribution < 1.29 is 14.3 Å². The van der Waals surface area contributed by atoms with E-state index < -0.39 is 5.97 Å². The molecule has 6 nitrogen and oxygen atoms in total. The highest BCUT2D eigenvalue weighted by atomic mass is 16.5. The number of ether oxygens (including phenoxy) is 1. The first kappa shape index (κ1) is 17.4. The summed E-state index contributed by atoms with van der Waals surface area (Å²) in [4.78, 5) is 25.8. The van der Waals surface area contributed by atoms with Crippen LogP contribution in [0.5, 0.6) is 0 Å². The van der Waals surface area contributed by atoms with Gasteiger partial charge in [0.25, 0.3) is 5.91 Å². The van der Waals surface area contributed by atoms with Crippen molar-refractivity contribution >= 4 is 11.9 Å². The van der Waals surface area contributed by atoms with E-state index in [9.17, 15) is 9.59 Å². The van der Waals surface area contributed by atoms with Crippen LogP contribution >= 0.6 is 0 Å². The lowest BCUT2D eigenvalue weighted by molar-refractivity contribution is -0.133. The van der Waals surface area contributed by atoms with Gasteiger partial charge in [0.05, 0.1) is 11.3 Å². The number of hydrogen-bond acceptors (Lipinski definition) is 4. The highest BCUT2D eigenvalue weighted by molar-refractivity contribution is 5.91. The van der Waals surface area contributed by atoms with E-state index in [2.05, 4.69) is 5.10 Å². The average Bonchev–Trinajstić information content (AvgIpc) is 3.21. The lowest BCUT2D eigenvalue weighted by Crippen LogP contribution is -2.30. The van der Waals surface area contributed by atoms with Crippen molar-refractivity contribution in [1.29, 1.82) is 0 Å². The van der Waals surface area contributed by atoms with Crippen LogP contribution < -0.4 is 0 Å². The van der Waals surface area contributed by atoms with Gasteiger partial charge in [-0.3, -0.25) is 4.79 Å². The summed E-state index contributed by atoms with van der Waals surface area (Å²) in [5, 5.41) is 4.12. The molecule has 0 saturated carbocycles. The maximum atomic E-state index is 12.1. The average molecular weight is 349 g/mol. The van der Waals surface area contributed by atoms with Crippen LogP contribution in [0.25, 0.3) is 5.69 Å². The molecule has 132 valence electrons. The highest BCUT2D eigenvalue weighted by Gasteiger charge is 2.14. The molecule has 0 unspecified atom stereocenters. The molecule has 1 amide bonds. The summed E-state index contributed by atoms with van der Waals surface area (Å²) in [7, 11) is 1.68. The molecule has 0 spiro atoms. The fraction of sp³-hybridized carbons (Fsp3) is 0.150. The van der Waals surface area contributed by atoms with E-state index in [-0.39, 0.29) is 12.5 Å². The van der Waals surface area contributed by atoms with E-state index in [1.54, 1.807) is 42.2 Å². The summed E-state index contributed by atoms with van der Waals surface area (Å²) >= 11 is 0. The van der Waals surface area contributed by atoms with Gasteiger partial charge in [0, 0.05) is 26.0 Å². The molecule has 1 aromatic heterocycles. The Balaban J connectivity index is 1.52. The van der Waals surface area contributed by atoms with Crippen LogP contribution in [0.2, 0.25) is 0 Å². The molecule has 0 radical (unpaired) electrons. The second-order valence-corrected chi connectivity index (χ2v) is 5.81. The van der Waals surface area contributed by atoms with Crippen LogP contribution in [0.4, 0.5) is 0 Å². The minimum atomic E-state index is -0.529. The first-order valence-corrected chi connectivity index (χ1v) is 8.18. The SMILES string of the molecule is CN(Cc1ccccc1)C(=O)COC(=O)c1ccc(-n2cccn2)cc1. The number of hydrogen-bond donors (Lipinski definition) is 0. The largest absolute Gasteiger partial charge is 0.452 e. The molecule has 0 aliphatic heterocycles. The number of benzene rings is 2. The zero-order valence-corrected chi connectivity index (χ0v) is 14.4. The molecule has 0 aliphatic carbocycles. The number of amides is 1. The van der Waals surface area contributed by atoms with Crippen molar-refractivity contribution in [3.8, 4) is 5.69 Å². The number of likely N-dealkylation sites (N-methyl/N-ethyl adjacent to an activating group) is 1. The molecule has 26 heavy (non-hydrogen) atoms. The van der Waals surface area contributed by atoms with E-state index in [1.807, 2.05) is 42.6 Å². The van der Waals surface area contributed by atoms with Gasteiger partial charge in [-0.1, -0.05) is 30.3 Å². The lowest BCUT2D eigenvalue weighted by atomic mass is 10.2. The Morgan fingerprint density at radius 3 is 2.42 bits per heavy atom. The molecule has 0 saturated heterocycles. The Kier molecular flexibility index (Phi) is 5.43. The normalized spacial score (nSPS) is 10.3. The third-order valence-electron chi connectivity index (χ3n) is 3.89.